The van der Waals surface area contributed by atoms with E-state index in [-0.39, 0.29) is 11.8 Å². The first-order chi connectivity index (χ1) is 10.7. The summed E-state index contributed by atoms with van der Waals surface area (Å²) in [6.45, 7) is 6.91. The van der Waals surface area contributed by atoms with Crippen LogP contribution in [0.1, 0.15) is 38.3 Å². The molecule has 2 aliphatic heterocycles. The molecule has 3 rings (SSSR count). The molecule has 1 aromatic heterocycles. The van der Waals surface area contributed by atoms with E-state index >= 15 is 0 Å². The first-order valence-electron chi connectivity index (χ1n) is 8.26. The molecule has 0 bridgehead atoms. The van der Waals surface area contributed by atoms with E-state index in [1.165, 1.54) is 24.2 Å². The summed E-state index contributed by atoms with van der Waals surface area (Å²) < 4.78 is 5.30. The number of carbonyl (C=O) groups is 1. The molecule has 5 nitrogen and oxygen atoms in total. The number of hydrogen-bond donors (Lipinski definition) is 1. The SMILES string of the molecule is CC1CCN(Cc2csc(NC(=O)C3CCOCC3)n2)CC1. The van der Waals surface area contributed by atoms with Crippen molar-refractivity contribution in [2.45, 2.75) is 39.2 Å². The number of rotatable bonds is 4. The second-order valence-electron chi connectivity index (χ2n) is 6.48. The molecule has 2 aliphatic rings. The van der Waals surface area contributed by atoms with Gasteiger partial charge in [0.05, 0.1) is 5.69 Å². The van der Waals surface area contributed by atoms with Crippen LogP contribution in [-0.4, -0.2) is 42.1 Å². The summed E-state index contributed by atoms with van der Waals surface area (Å²) in [6, 6.07) is 0. The molecule has 0 aromatic carbocycles. The highest BCUT2D eigenvalue weighted by Crippen LogP contribution is 2.22. The van der Waals surface area contributed by atoms with Crippen LogP contribution in [0.3, 0.4) is 0 Å². The average molecular weight is 323 g/mol. The molecular formula is C16H25N3O2S. The van der Waals surface area contributed by atoms with Crippen molar-refractivity contribution in [3.05, 3.63) is 11.1 Å². The fraction of sp³-hybridized carbons (Fsp3) is 0.750. The lowest BCUT2D eigenvalue weighted by Crippen LogP contribution is -2.32. The van der Waals surface area contributed by atoms with Crippen LogP contribution in [0.4, 0.5) is 5.13 Å². The summed E-state index contributed by atoms with van der Waals surface area (Å²) in [5.41, 5.74) is 1.07. The zero-order valence-electron chi connectivity index (χ0n) is 13.2. The minimum absolute atomic E-state index is 0.0738. The largest absolute Gasteiger partial charge is 0.381 e. The molecule has 1 N–H and O–H groups in total. The van der Waals surface area contributed by atoms with Gasteiger partial charge in [-0.1, -0.05) is 6.92 Å². The van der Waals surface area contributed by atoms with Gasteiger partial charge in [0.25, 0.3) is 0 Å². The number of nitrogens with one attached hydrogen (secondary N) is 1. The lowest BCUT2D eigenvalue weighted by atomic mass is 9.99. The van der Waals surface area contributed by atoms with Gasteiger partial charge in [-0.15, -0.1) is 11.3 Å². The highest BCUT2D eigenvalue weighted by Gasteiger charge is 2.22. The minimum atomic E-state index is 0.0738. The lowest BCUT2D eigenvalue weighted by Gasteiger charge is -2.29. The van der Waals surface area contributed by atoms with E-state index in [4.69, 9.17) is 4.74 Å². The Labute approximate surface area is 136 Å². The standard InChI is InChI=1S/C16H25N3O2S/c1-12-2-6-19(7-3-12)10-14-11-22-16(17-14)18-15(20)13-4-8-21-9-5-13/h11-13H,2-10H2,1H3,(H,17,18,20). The van der Waals surface area contributed by atoms with Crippen molar-refractivity contribution in [2.24, 2.45) is 11.8 Å². The van der Waals surface area contributed by atoms with Crippen molar-refractivity contribution in [3.8, 4) is 0 Å². The van der Waals surface area contributed by atoms with Crippen LogP contribution in [0.2, 0.25) is 0 Å². The third-order valence-electron chi connectivity index (χ3n) is 4.64. The van der Waals surface area contributed by atoms with E-state index in [0.717, 1.165) is 49.2 Å². The predicted octanol–water partition coefficient (Wildman–Crippen LogP) is 2.74. The molecule has 0 aliphatic carbocycles. The second-order valence-corrected chi connectivity index (χ2v) is 7.34. The minimum Gasteiger partial charge on any atom is -0.381 e. The van der Waals surface area contributed by atoms with Gasteiger partial charge in [-0.3, -0.25) is 9.69 Å². The van der Waals surface area contributed by atoms with Crippen molar-refractivity contribution >= 4 is 22.4 Å². The third kappa shape index (κ3) is 4.27. The average Bonchev–Trinajstić information content (AvgIpc) is 2.97. The zero-order valence-corrected chi connectivity index (χ0v) is 14.0. The molecule has 122 valence electrons. The number of amides is 1. The van der Waals surface area contributed by atoms with Crippen LogP contribution in [0.25, 0.3) is 0 Å². The number of aromatic nitrogens is 1. The summed E-state index contributed by atoms with van der Waals surface area (Å²) in [4.78, 5) is 19.2. The topological polar surface area (TPSA) is 54.5 Å². The number of anilines is 1. The van der Waals surface area contributed by atoms with E-state index in [0.29, 0.717) is 13.2 Å². The predicted molar refractivity (Wildman–Crippen MR) is 88.0 cm³/mol. The van der Waals surface area contributed by atoms with Gasteiger partial charge in [-0.25, -0.2) is 4.98 Å². The third-order valence-corrected chi connectivity index (χ3v) is 5.44. The highest BCUT2D eigenvalue weighted by molar-refractivity contribution is 7.13. The highest BCUT2D eigenvalue weighted by atomic mass is 32.1. The summed E-state index contributed by atoms with van der Waals surface area (Å²) in [5, 5.41) is 5.77. The normalized spacial score (nSPS) is 21.9. The van der Waals surface area contributed by atoms with Crippen molar-refractivity contribution < 1.29 is 9.53 Å². The van der Waals surface area contributed by atoms with Crippen LogP contribution in [0.15, 0.2) is 5.38 Å². The maximum absolute atomic E-state index is 12.2. The Kier molecular flexibility index (Phi) is 5.44. The Hall–Kier alpha value is -0.980. The van der Waals surface area contributed by atoms with Gasteiger partial charge in [0.2, 0.25) is 5.91 Å². The van der Waals surface area contributed by atoms with Gasteiger partial charge in [0, 0.05) is 31.1 Å². The Morgan fingerprint density at radius 1 is 1.36 bits per heavy atom. The van der Waals surface area contributed by atoms with Crippen LogP contribution < -0.4 is 5.32 Å². The van der Waals surface area contributed by atoms with E-state index in [2.05, 4.69) is 27.5 Å². The molecule has 2 fully saturated rings. The molecule has 3 heterocycles. The zero-order chi connectivity index (χ0) is 15.4. The summed E-state index contributed by atoms with van der Waals surface area (Å²) in [7, 11) is 0. The Morgan fingerprint density at radius 3 is 2.82 bits per heavy atom. The van der Waals surface area contributed by atoms with Gasteiger partial charge >= 0.3 is 0 Å². The van der Waals surface area contributed by atoms with Gasteiger partial charge in [0.1, 0.15) is 0 Å². The number of piperidine rings is 1. The Morgan fingerprint density at radius 2 is 2.09 bits per heavy atom. The van der Waals surface area contributed by atoms with E-state index in [1.54, 1.807) is 0 Å². The van der Waals surface area contributed by atoms with Crippen LogP contribution in [0, 0.1) is 11.8 Å². The van der Waals surface area contributed by atoms with E-state index in [1.807, 2.05) is 0 Å². The molecular weight excluding hydrogens is 298 g/mol. The van der Waals surface area contributed by atoms with Crippen molar-refractivity contribution in [1.29, 1.82) is 0 Å². The maximum atomic E-state index is 12.2. The smallest absolute Gasteiger partial charge is 0.229 e. The number of ether oxygens (including phenoxy) is 1. The molecule has 0 spiro atoms. The molecule has 1 aromatic rings. The van der Waals surface area contributed by atoms with E-state index < -0.39 is 0 Å². The van der Waals surface area contributed by atoms with Crippen molar-refractivity contribution in [2.75, 3.05) is 31.6 Å². The maximum Gasteiger partial charge on any atom is 0.229 e. The fourth-order valence-corrected chi connectivity index (χ4v) is 3.76. The number of hydrogen-bond acceptors (Lipinski definition) is 5. The van der Waals surface area contributed by atoms with E-state index in [9.17, 15) is 4.79 Å². The molecule has 6 heteroatoms. The molecule has 2 saturated heterocycles. The van der Waals surface area contributed by atoms with Crippen LogP contribution >= 0.6 is 11.3 Å². The molecule has 22 heavy (non-hydrogen) atoms. The first-order valence-corrected chi connectivity index (χ1v) is 9.14. The van der Waals surface area contributed by atoms with Crippen LogP contribution in [-0.2, 0) is 16.1 Å². The molecule has 0 radical (unpaired) electrons. The van der Waals surface area contributed by atoms with Gasteiger partial charge < -0.3 is 10.1 Å². The summed E-state index contributed by atoms with van der Waals surface area (Å²) >= 11 is 1.53. The van der Waals surface area contributed by atoms with Crippen LogP contribution in [0.5, 0.6) is 0 Å². The first kappa shape index (κ1) is 15.9. The molecule has 0 saturated carbocycles. The summed E-state index contributed by atoms with van der Waals surface area (Å²) in [5.74, 6) is 1.02. The van der Waals surface area contributed by atoms with Gasteiger partial charge in [0.15, 0.2) is 5.13 Å². The van der Waals surface area contributed by atoms with Gasteiger partial charge in [-0.05, 0) is 44.7 Å². The quantitative estimate of drug-likeness (QED) is 0.926. The Bertz CT molecular complexity index is 491. The van der Waals surface area contributed by atoms with Crippen molar-refractivity contribution in [1.82, 2.24) is 9.88 Å². The number of thiazole rings is 1. The monoisotopic (exact) mass is 323 g/mol. The Balaban J connectivity index is 1.49. The molecule has 1 amide bonds. The fourth-order valence-electron chi connectivity index (χ4n) is 3.05. The number of likely N-dealkylation sites (tertiary alicyclic amines) is 1. The number of nitrogens with zero attached hydrogens (tertiary/aromatic N) is 2. The van der Waals surface area contributed by atoms with Gasteiger partial charge in [-0.2, -0.15) is 0 Å². The molecule has 0 atom stereocenters. The second kappa shape index (κ2) is 7.53. The number of carbonyl (C=O) groups excluding carboxylic acids is 1. The summed E-state index contributed by atoms with van der Waals surface area (Å²) in [6.07, 6.45) is 4.18. The molecule has 0 unspecified atom stereocenters. The lowest BCUT2D eigenvalue weighted by molar-refractivity contribution is -0.122. The van der Waals surface area contributed by atoms with Crippen molar-refractivity contribution in [3.63, 3.8) is 0 Å².